The molecular formula is C11H11N3O4. The molecule has 0 amide bonds. The summed E-state index contributed by atoms with van der Waals surface area (Å²) in [4.78, 5) is 25.8. The van der Waals surface area contributed by atoms with Gasteiger partial charge in [-0.15, -0.1) is 0 Å². The van der Waals surface area contributed by atoms with E-state index in [0.29, 0.717) is 6.54 Å². The minimum Gasteiger partial charge on any atom is -0.397 e. The van der Waals surface area contributed by atoms with Crippen LogP contribution in [0.2, 0.25) is 0 Å². The number of carbonyl (C=O) groups is 1. The molecule has 7 nitrogen and oxygen atoms in total. The molecule has 0 fully saturated rings. The Balaban J connectivity index is 2.29. The molecule has 2 aromatic heterocycles. The number of ketones is 1. The molecule has 94 valence electrons. The third-order valence-corrected chi connectivity index (χ3v) is 2.38. The van der Waals surface area contributed by atoms with Crippen LogP contribution in [0.3, 0.4) is 0 Å². The Hall–Kier alpha value is -2.44. The highest BCUT2D eigenvalue weighted by atomic mass is 16.6. The zero-order valence-corrected chi connectivity index (χ0v) is 9.70. The van der Waals surface area contributed by atoms with E-state index in [1.54, 1.807) is 10.8 Å². The average Bonchev–Trinajstić information content (AvgIpc) is 2.97. The Labute approximate surface area is 102 Å². The molecule has 2 aromatic rings. The zero-order chi connectivity index (χ0) is 13.1. The van der Waals surface area contributed by atoms with Crippen molar-refractivity contribution < 1.29 is 14.1 Å². The van der Waals surface area contributed by atoms with E-state index in [1.807, 2.05) is 6.92 Å². The van der Waals surface area contributed by atoms with E-state index in [-0.39, 0.29) is 11.6 Å². The number of nitro groups is 1. The molecule has 0 unspecified atom stereocenters. The van der Waals surface area contributed by atoms with Gasteiger partial charge in [-0.25, -0.2) is 4.98 Å². The Morgan fingerprint density at radius 2 is 2.33 bits per heavy atom. The molecule has 7 heteroatoms. The number of imidazole rings is 1. The molecule has 2 heterocycles. The maximum absolute atomic E-state index is 12.0. The van der Waals surface area contributed by atoms with Gasteiger partial charge in [0.1, 0.15) is 4.92 Å². The molecule has 2 rings (SSSR count). The van der Waals surface area contributed by atoms with E-state index in [2.05, 4.69) is 4.98 Å². The molecule has 0 aromatic carbocycles. The fraction of sp³-hybridized carbons (Fsp3) is 0.273. The molecule has 0 aliphatic heterocycles. The molecule has 0 aliphatic carbocycles. The lowest BCUT2D eigenvalue weighted by molar-refractivity contribution is -0.402. The summed E-state index contributed by atoms with van der Waals surface area (Å²) in [5.41, 5.74) is 0. The second kappa shape index (κ2) is 4.82. The van der Waals surface area contributed by atoms with Crippen molar-refractivity contribution in [2.75, 3.05) is 0 Å². The molecule has 0 atom stereocenters. The van der Waals surface area contributed by atoms with Gasteiger partial charge in [0, 0.05) is 18.9 Å². The summed E-state index contributed by atoms with van der Waals surface area (Å²) >= 11 is 0. The van der Waals surface area contributed by atoms with Crippen molar-refractivity contribution in [2.45, 2.75) is 19.9 Å². The first-order valence-electron chi connectivity index (χ1n) is 5.43. The Morgan fingerprint density at radius 1 is 1.56 bits per heavy atom. The van der Waals surface area contributed by atoms with Crippen LogP contribution in [0.4, 0.5) is 5.88 Å². The van der Waals surface area contributed by atoms with Gasteiger partial charge in [0.2, 0.25) is 0 Å². The standard InChI is InChI=1S/C11H11N3O4/c1-2-6-13-7-5-12-11(13)10(15)8-3-4-9(18-8)14(16)17/h3-5,7H,2,6H2,1H3. The molecule has 0 bridgehead atoms. The van der Waals surface area contributed by atoms with E-state index in [1.165, 1.54) is 12.3 Å². The summed E-state index contributed by atoms with van der Waals surface area (Å²) in [7, 11) is 0. The Kier molecular flexibility index (Phi) is 3.22. The SMILES string of the molecule is CCCn1ccnc1C(=O)c1ccc([N+](=O)[O-])o1. The second-order valence-electron chi connectivity index (χ2n) is 3.67. The minimum atomic E-state index is -0.685. The molecular weight excluding hydrogens is 238 g/mol. The number of hydrogen-bond donors (Lipinski definition) is 0. The van der Waals surface area contributed by atoms with E-state index in [4.69, 9.17) is 4.42 Å². The van der Waals surface area contributed by atoms with Crippen LogP contribution >= 0.6 is 0 Å². The number of aromatic nitrogens is 2. The minimum absolute atomic E-state index is 0.0785. The predicted molar refractivity (Wildman–Crippen MR) is 61.3 cm³/mol. The van der Waals surface area contributed by atoms with Crippen molar-refractivity contribution in [3.63, 3.8) is 0 Å². The number of carbonyl (C=O) groups excluding carboxylic acids is 1. The van der Waals surface area contributed by atoms with Gasteiger partial charge in [-0.1, -0.05) is 6.92 Å². The van der Waals surface area contributed by atoms with Crippen LogP contribution < -0.4 is 0 Å². The van der Waals surface area contributed by atoms with Gasteiger partial charge in [0.25, 0.3) is 5.78 Å². The van der Waals surface area contributed by atoms with E-state index in [9.17, 15) is 14.9 Å². The normalized spacial score (nSPS) is 10.5. The number of nitrogens with zero attached hydrogens (tertiary/aromatic N) is 3. The average molecular weight is 249 g/mol. The third-order valence-electron chi connectivity index (χ3n) is 2.38. The molecule has 0 saturated carbocycles. The van der Waals surface area contributed by atoms with E-state index < -0.39 is 16.6 Å². The summed E-state index contributed by atoms with van der Waals surface area (Å²) in [5.74, 6) is -0.764. The zero-order valence-electron chi connectivity index (χ0n) is 9.70. The van der Waals surface area contributed by atoms with Gasteiger partial charge in [-0.05, 0) is 12.5 Å². The Morgan fingerprint density at radius 3 is 2.94 bits per heavy atom. The summed E-state index contributed by atoms with van der Waals surface area (Å²) in [6.07, 6.45) is 4.06. The molecule has 0 radical (unpaired) electrons. The van der Waals surface area contributed by atoms with Crippen LogP contribution in [0.1, 0.15) is 29.7 Å². The molecule has 0 aliphatic rings. The monoisotopic (exact) mass is 249 g/mol. The molecule has 18 heavy (non-hydrogen) atoms. The van der Waals surface area contributed by atoms with Gasteiger partial charge in [0.05, 0.1) is 6.07 Å². The van der Waals surface area contributed by atoms with Crippen molar-refractivity contribution in [1.82, 2.24) is 9.55 Å². The van der Waals surface area contributed by atoms with Gasteiger partial charge < -0.3 is 8.98 Å². The van der Waals surface area contributed by atoms with Crippen molar-refractivity contribution in [3.05, 3.63) is 46.2 Å². The van der Waals surface area contributed by atoms with Crippen molar-refractivity contribution >= 4 is 11.7 Å². The quantitative estimate of drug-likeness (QED) is 0.459. The van der Waals surface area contributed by atoms with E-state index >= 15 is 0 Å². The topological polar surface area (TPSA) is 91.2 Å². The highest BCUT2D eigenvalue weighted by molar-refractivity contribution is 6.04. The van der Waals surface area contributed by atoms with Gasteiger partial charge in [-0.2, -0.15) is 0 Å². The van der Waals surface area contributed by atoms with Gasteiger partial charge in [0.15, 0.2) is 11.6 Å². The lowest BCUT2D eigenvalue weighted by Gasteiger charge is -2.02. The number of hydrogen-bond acceptors (Lipinski definition) is 5. The fourth-order valence-electron chi connectivity index (χ4n) is 1.60. The molecule has 0 saturated heterocycles. The smallest absolute Gasteiger partial charge is 0.397 e. The highest BCUT2D eigenvalue weighted by Gasteiger charge is 2.21. The maximum Gasteiger partial charge on any atom is 0.433 e. The van der Waals surface area contributed by atoms with Crippen LogP contribution in [0.25, 0.3) is 0 Å². The van der Waals surface area contributed by atoms with Gasteiger partial charge in [-0.3, -0.25) is 14.9 Å². The molecule has 0 spiro atoms. The largest absolute Gasteiger partial charge is 0.433 e. The van der Waals surface area contributed by atoms with Crippen LogP contribution in [-0.2, 0) is 6.54 Å². The predicted octanol–water partition coefficient (Wildman–Crippen LogP) is 2.03. The lowest BCUT2D eigenvalue weighted by Crippen LogP contribution is -2.10. The number of furan rings is 1. The molecule has 0 N–H and O–H groups in total. The maximum atomic E-state index is 12.0. The summed E-state index contributed by atoms with van der Waals surface area (Å²) in [5, 5.41) is 10.5. The highest BCUT2D eigenvalue weighted by Crippen LogP contribution is 2.18. The first kappa shape index (κ1) is 12.0. The van der Waals surface area contributed by atoms with Gasteiger partial charge >= 0.3 is 5.88 Å². The fourth-order valence-corrected chi connectivity index (χ4v) is 1.60. The number of rotatable bonds is 5. The third kappa shape index (κ3) is 2.15. The summed E-state index contributed by atoms with van der Waals surface area (Å²) < 4.78 is 6.55. The van der Waals surface area contributed by atoms with Crippen LogP contribution in [0.5, 0.6) is 0 Å². The lowest BCUT2D eigenvalue weighted by atomic mass is 10.3. The van der Waals surface area contributed by atoms with E-state index in [0.717, 1.165) is 12.5 Å². The summed E-state index contributed by atoms with van der Waals surface area (Å²) in [6, 6.07) is 2.44. The van der Waals surface area contributed by atoms with Crippen molar-refractivity contribution in [1.29, 1.82) is 0 Å². The van der Waals surface area contributed by atoms with Crippen LogP contribution in [0, 0.1) is 10.1 Å². The number of aryl methyl sites for hydroxylation is 1. The first-order valence-corrected chi connectivity index (χ1v) is 5.43. The summed E-state index contributed by atoms with van der Waals surface area (Å²) in [6.45, 7) is 2.63. The first-order chi connectivity index (χ1) is 8.63. The van der Waals surface area contributed by atoms with Crippen LogP contribution in [-0.4, -0.2) is 20.3 Å². The van der Waals surface area contributed by atoms with Crippen molar-refractivity contribution in [2.24, 2.45) is 0 Å². The second-order valence-corrected chi connectivity index (χ2v) is 3.67. The Bertz CT molecular complexity index is 585. The van der Waals surface area contributed by atoms with Crippen molar-refractivity contribution in [3.8, 4) is 0 Å². The van der Waals surface area contributed by atoms with Crippen LogP contribution in [0.15, 0.2) is 28.9 Å².